The quantitative estimate of drug-likeness (QED) is 0.877. The second kappa shape index (κ2) is 4.91. The summed E-state index contributed by atoms with van der Waals surface area (Å²) in [6, 6.07) is 1.83. The van der Waals surface area contributed by atoms with E-state index >= 15 is 0 Å². The van der Waals surface area contributed by atoms with Gasteiger partial charge in [0.1, 0.15) is 5.60 Å². The van der Waals surface area contributed by atoms with E-state index in [-0.39, 0.29) is 6.04 Å². The molecule has 1 amide bonds. The fourth-order valence-electron chi connectivity index (χ4n) is 1.20. The SMILES string of the molecule is CC(NC(=O)OC(C)(C)C)c1c[nH]c(Br)c1. The molecule has 0 aliphatic heterocycles. The lowest BCUT2D eigenvalue weighted by Gasteiger charge is -2.21. The normalized spacial score (nSPS) is 13.3. The Bertz CT molecular complexity index is 368. The Labute approximate surface area is 104 Å². The molecule has 1 aromatic rings. The van der Waals surface area contributed by atoms with Crippen molar-refractivity contribution in [1.29, 1.82) is 0 Å². The van der Waals surface area contributed by atoms with Gasteiger partial charge < -0.3 is 15.0 Å². The van der Waals surface area contributed by atoms with Gasteiger partial charge in [-0.15, -0.1) is 0 Å². The smallest absolute Gasteiger partial charge is 0.408 e. The van der Waals surface area contributed by atoms with Crippen LogP contribution in [0.3, 0.4) is 0 Å². The molecule has 1 rings (SSSR count). The van der Waals surface area contributed by atoms with Crippen molar-refractivity contribution in [3.05, 3.63) is 22.4 Å². The summed E-state index contributed by atoms with van der Waals surface area (Å²) in [5, 5.41) is 2.76. The number of halogens is 1. The van der Waals surface area contributed by atoms with Crippen molar-refractivity contribution in [1.82, 2.24) is 10.3 Å². The van der Waals surface area contributed by atoms with Crippen molar-refractivity contribution in [2.75, 3.05) is 0 Å². The second-order valence-electron chi connectivity index (χ2n) is 4.65. The van der Waals surface area contributed by atoms with Crippen LogP contribution in [0.5, 0.6) is 0 Å². The van der Waals surface area contributed by atoms with Gasteiger partial charge in [0.25, 0.3) is 0 Å². The molecule has 90 valence electrons. The third-order valence-corrected chi connectivity index (χ3v) is 2.36. The van der Waals surface area contributed by atoms with Gasteiger partial charge >= 0.3 is 6.09 Å². The highest BCUT2D eigenvalue weighted by Crippen LogP contribution is 2.17. The zero-order chi connectivity index (χ0) is 12.3. The Hall–Kier alpha value is -0.970. The third kappa shape index (κ3) is 4.26. The number of hydrogen-bond acceptors (Lipinski definition) is 2. The van der Waals surface area contributed by atoms with Crippen LogP contribution in [0.1, 0.15) is 39.3 Å². The van der Waals surface area contributed by atoms with E-state index in [4.69, 9.17) is 4.74 Å². The number of carbonyl (C=O) groups excluding carboxylic acids is 1. The van der Waals surface area contributed by atoms with Crippen LogP contribution < -0.4 is 5.32 Å². The molecule has 0 radical (unpaired) electrons. The fourth-order valence-corrected chi connectivity index (χ4v) is 1.58. The van der Waals surface area contributed by atoms with Gasteiger partial charge in [-0.25, -0.2) is 4.79 Å². The number of aromatic nitrogens is 1. The van der Waals surface area contributed by atoms with Crippen molar-refractivity contribution < 1.29 is 9.53 Å². The highest BCUT2D eigenvalue weighted by Gasteiger charge is 2.18. The summed E-state index contributed by atoms with van der Waals surface area (Å²) < 4.78 is 6.05. The number of alkyl carbamates (subject to hydrolysis) is 1. The van der Waals surface area contributed by atoms with Crippen LogP contribution in [0.25, 0.3) is 0 Å². The molecule has 1 heterocycles. The lowest BCUT2D eigenvalue weighted by Crippen LogP contribution is -2.33. The first kappa shape index (κ1) is 13.1. The third-order valence-electron chi connectivity index (χ3n) is 1.90. The molecule has 1 atom stereocenters. The van der Waals surface area contributed by atoms with E-state index in [2.05, 4.69) is 26.2 Å². The number of hydrogen-bond donors (Lipinski definition) is 2. The lowest BCUT2D eigenvalue weighted by molar-refractivity contribution is 0.0508. The largest absolute Gasteiger partial charge is 0.444 e. The van der Waals surface area contributed by atoms with E-state index in [1.165, 1.54) is 0 Å². The molecule has 0 fully saturated rings. The summed E-state index contributed by atoms with van der Waals surface area (Å²) in [5.41, 5.74) is 0.528. The standard InChI is InChI=1S/C11H17BrN2O2/c1-7(8-5-9(12)13-6-8)14-10(15)16-11(2,3)4/h5-7,13H,1-4H3,(H,14,15). The number of rotatable bonds is 2. The summed E-state index contributed by atoms with van der Waals surface area (Å²) >= 11 is 3.32. The average molecular weight is 289 g/mol. The predicted octanol–water partition coefficient (Wildman–Crippen LogP) is 3.36. The minimum atomic E-state index is -0.470. The Morgan fingerprint density at radius 1 is 1.56 bits per heavy atom. The van der Waals surface area contributed by atoms with Crippen molar-refractivity contribution in [3.8, 4) is 0 Å². The van der Waals surface area contributed by atoms with Crippen molar-refractivity contribution in [3.63, 3.8) is 0 Å². The predicted molar refractivity (Wildman–Crippen MR) is 66.3 cm³/mol. The molecule has 0 saturated heterocycles. The maximum atomic E-state index is 11.5. The average Bonchev–Trinajstić information content (AvgIpc) is 2.47. The van der Waals surface area contributed by atoms with Gasteiger partial charge in [0.15, 0.2) is 0 Å². The van der Waals surface area contributed by atoms with E-state index in [0.717, 1.165) is 10.2 Å². The molecular weight excluding hydrogens is 272 g/mol. The summed E-state index contributed by atoms with van der Waals surface area (Å²) in [6.07, 6.45) is 1.43. The molecular formula is C11H17BrN2O2. The van der Waals surface area contributed by atoms with E-state index < -0.39 is 11.7 Å². The molecule has 0 saturated carbocycles. The number of carbonyl (C=O) groups is 1. The molecule has 1 aromatic heterocycles. The minimum absolute atomic E-state index is 0.0857. The molecule has 0 aromatic carbocycles. The molecule has 5 heteroatoms. The van der Waals surface area contributed by atoms with E-state index in [1.807, 2.05) is 40.0 Å². The first-order valence-corrected chi connectivity index (χ1v) is 5.90. The maximum Gasteiger partial charge on any atom is 0.408 e. The molecule has 1 unspecified atom stereocenters. The molecule has 16 heavy (non-hydrogen) atoms. The topological polar surface area (TPSA) is 54.1 Å². The number of amides is 1. The van der Waals surface area contributed by atoms with Crippen molar-refractivity contribution in [2.45, 2.75) is 39.3 Å². The first-order chi connectivity index (χ1) is 7.28. The molecule has 2 N–H and O–H groups in total. The fraction of sp³-hybridized carbons (Fsp3) is 0.545. The van der Waals surface area contributed by atoms with E-state index in [1.54, 1.807) is 0 Å². The molecule has 0 aliphatic carbocycles. The molecule has 0 aliphatic rings. The van der Waals surface area contributed by atoms with Crippen LogP contribution in [0.2, 0.25) is 0 Å². The van der Waals surface area contributed by atoms with Crippen LogP contribution in [0, 0.1) is 0 Å². The van der Waals surface area contributed by atoms with Crippen molar-refractivity contribution >= 4 is 22.0 Å². The van der Waals surface area contributed by atoms with E-state index in [0.29, 0.717) is 0 Å². The Kier molecular flexibility index (Phi) is 4.02. The summed E-state index contributed by atoms with van der Waals surface area (Å²) in [4.78, 5) is 14.5. The van der Waals surface area contributed by atoms with E-state index in [9.17, 15) is 4.79 Å². The second-order valence-corrected chi connectivity index (χ2v) is 5.50. The van der Waals surface area contributed by atoms with Crippen LogP contribution in [-0.2, 0) is 4.74 Å². The highest BCUT2D eigenvalue weighted by atomic mass is 79.9. The highest BCUT2D eigenvalue weighted by molar-refractivity contribution is 9.10. The van der Waals surface area contributed by atoms with Gasteiger partial charge in [-0.2, -0.15) is 0 Å². The first-order valence-electron chi connectivity index (χ1n) is 5.11. The lowest BCUT2D eigenvalue weighted by atomic mass is 10.2. The van der Waals surface area contributed by atoms with Crippen LogP contribution in [0.15, 0.2) is 16.9 Å². The minimum Gasteiger partial charge on any atom is -0.444 e. The zero-order valence-electron chi connectivity index (χ0n) is 9.93. The number of aromatic amines is 1. The number of H-pyrrole nitrogens is 1. The molecule has 0 bridgehead atoms. The molecule has 0 spiro atoms. The van der Waals surface area contributed by atoms with Gasteiger partial charge in [-0.1, -0.05) is 0 Å². The number of nitrogens with one attached hydrogen (secondary N) is 2. The van der Waals surface area contributed by atoms with Crippen molar-refractivity contribution in [2.24, 2.45) is 0 Å². The monoisotopic (exact) mass is 288 g/mol. The molecule has 4 nitrogen and oxygen atoms in total. The van der Waals surface area contributed by atoms with Gasteiger partial charge in [0.05, 0.1) is 10.6 Å². The van der Waals surface area contributed by atoms with Gasteiger partial charge in [-0.3, -0.25) is 0 Å². The summed E-state index contributed by atoms with van der Waals surface area (Å²) in [5.74, 6) is 0. The maximum absolute atomic E-state index is 11.5. The Morgan fingerprint density at radius 2 is 2.19 bits per heavy atom. The van der Waals surface area contributed by atoms with Crippen LogP contribution in [0.4, 0.5) is 4.79 Å². The summed E-state index contributed by atoms with van der Waals surface area (Å²) in [6.45, 7) is 7.41. The zero-order valence-corrected chi connectivity index (χ0v) is 11.5. The Balaban J connectivity index is 2.52. The van der Waals surface area contributed by atoms with Gasteiger partial charge in [0.2, 0.25) is 0 Å². The van der Waals surface area contributed by atoms with Gasteiger partial charge in [-0.05, 0) is 55.3 Å². The van der Waals surface area contributed by atoms with Gasteiger partial charge in [0, 0.05) is 6.20 Å². The Morgan fingerprint density at radius 3 is 2.62 bits per heavy atom. The number of ether oxygens (including phenoxy) is 1. The summed E-state index contributed by atoms with van der Waals surface area (Å²) in [7, 11) is 0. The van der Waals surface area contributed by atoms with Crippen LogP contribution in [-0.4, -0.2) is 16.7 Å². The van der Waals surface area contributed by atoms with Crippen LogP contribution >= 0.6 is 15.9 Å².